The number of ether oxygens (including phenoxy) is 1. The van der Waals surface area contributed by atoms with E-state index in [1.165, 1.54) is 12.4 Å². The third kappa shape index (κ3) is 6.43. The second kappa shape index (κ2) is 10.2. The Balaban J connectivity index is 1.75. The monoisotopic (exact) mass is 464 g/mol. The highest BCUT2D eigenvalue weighted by molar-refractivity contribution is 5.90. The molecule has 0 radical (unpaired) electrons. The number of halogens is 3. The minimum absolute atomic E-state index is 0.0267. The number of likely N-dealkylation sites (tertiary alicyclic amines) is 1. The van der Waals surface area contributed by atoms with Gasteiger partial charge in [0.25, 0.3) is 5.91 Å². The van der Waals surface area contributed by atoms with Gasteiger partial charge in [-0.1, -0.05) is 0 Å². The number of amides is 2. The van der Waals surface area contributed by atoms with Crippen molar-refractivity contribution >= 4 is 12.0 Å². The van der Waals surface area contributed by atoms with Gasteiger partial charge in [-0.3, -0.25) is 4.79 Å². The molecule has 1 N–H and O–H groups in total. The first-order valence-corrected chi connectivity index (χ1v) is 10.7. The first-order chi connectivity index (χ1) is 15.5. The van der Waals surface area contributed by atoms with Gasteiger partial charge >= 0.3 is 6.09 Å². The fraction of sp³-hybridized carbons (Fsp3) is 0.478. The van der Waals surface area contributed by atoms with Crippen LogP contribution in [0.25, 0.3) is 0 Å². The van der Waals surface area contributed by atoms with E-state index in [1.807, 2.05) is 0 Å². The minimum Gasteiger partial charge on any atom is -0.444 e. The Hall–Kier alpha value is -3.17. The maximum atomic E-state index is 14.6. The molecule has 3 rings (SSSR count). The Morgan fingerprint density at radius 1 is 1.09 bits per heavy atom. The van der Waals surface area contributed by atoms with Gasteiger partial charge in [0.15, 0.2) is 11.6 Å². The van der Waals surface area contributed by atoms with Gasteiger partial charge in [0, 0.05) is 44.0 Å². The molecule has 33 heavy (non-hydrogen) atoms. The summed E-state index contributed by atoms with van der Waals surface area (Å²) >= 11 is 0. The highest BCUT2D eigenvalue weighted by Crippen LogP contribution is 2.35. The number of aromatic nitrogens is 2. The van der Waals surface area contributed by atoms with Crippen LogP contribution in [-0.2, 0) is 4.74 Å². The molecule has 1 fully saturated rings. The molecule has 1 aliphatic heterocycles. The number of carbonyl (C=O) groups is 2. The molecule has 1 saturated heterocycles. The summed E-state index contributed by atoms with van der Waals surface area (Å²) in [5.74, 6) is -4.39. The number of piperidine rings is 1. The maximum Gasteiger partial charge on any atom is 0.407 e. The van der Waals surface area contributed by atoms with Crippen LogP contribution in [0, 0.1) is 23.4 Å². The molecule has 2 aromatic rings. The number of carbonyl (C=O) groups excluding carboxylic acids is 2. The van der Waals surface area contributed by atoms with Crippen LogP contribution in [0.15, 0.2) is 30.6 Å². The zero-order valence-electron chi connectivity index (χ0n) is 18.8. The average molecular weight is 464 g/mol. The van der Waals surface area contributed by atoms with Crippen molar-refractivity contribution in [1.29, 1.82) is 0 Å². The lowest BCUT2D eigenvalue weighted by atomic mass is 9.79. The Bertz CT molecular complexity index is 990. The van der Waals surface area contributed by atoms with E-state index in [9.17, 15) is 22.8 Å². The van der Waals surface area contributed by atoms with Crippen molar-refractivity contribution in [2.45, 2.75) is 45.1 Å². The molecule has 7 nitrogen and oxygen atoms in total. The summed E-state index contributed by atoms with van der Waals surface area (Å²) in [4.78, 5) is 34.3. The molecular formula is C23H27F3N4O3. The molecular weight excluding hydrogens is 437 g/mol. The zero-order valence-corrected chi connectivity index (χ0v) is 18.8. The van der Waals surface area contributed by atoms with Crippen LogP contribution in [0.4, 0.5) is 18.0 Å². The van der Waals surface area contributed by atoms with Crippen molar-refractivity contribution in [2.75, 3.05) is 19.6 Å². The first-order valence-electron chi connectivity index (χ1n) is 10.7. The smallest absolute Gasteiger partial charge is 0.407 e. The van der Waals surface area contributed by atoms with Gasteiger partial charge in [-0.25, -0.2) is 27.9 Å². The maximum absolute atomic E-state index is 14.6. The number of hydrogen-bond donors (Lipinski definition) is 1. The lowest BCUT2D eigenvalue weighted by Gasteiger charge is -2.36. The number of hydrogen-bond acceptors (Lipinski definition) is 5. The van der Waals surface area contributed by atoms with Gasteiger partial charge in [0.2, 0.25) is 5.82 Å². The van der Waals surface area contributed by atoms with Crippen LogP contribution in [0.1, 0.15) is 55.7 Å². The molecule has 1 atom stereocenters. The Morgan fingerprint density at radius 2 is 1.70 bits per heavy atom. The van der Waals surface area contributed by atoms with Gasteiger partial charge < -0.3 is 15.0 Å². The number of rotatable bonds is 5. The number of nitrogens with zero attached hydrogens (tertiary/aromatic N) is 3. The van der Waals surface area contributed by atoms with E-state index >= 15 is 0 Å². The molecule has 1 aliphatic rings. The van der Waals surface area contributed by atoms with Gasteiger partial charge in [0.1, 0.15) is 11.4 Å². The fourth-order valence-electron chi connectivity index (χ4n) is 3.92. The molecule has 1 aromatic carbocycles. The molecule has 178 valence electrons. The highest BCUT2D eigenvalue weighted by Gasteiger charge is 2.33. The summed E-state index contributed by atoms with van der Waals surface area (Å²) < 4.78 is 47.3. The lowest BCUT2D eigenvalue weighted by molar-refractivity contribution is 0.0515. The van der Waals surface area contributed by atoms with Crippen molar-refractivity contribution in [3.05, 3.63) is 59.4 Å². The van der Waals surface area contributed by atoms with E-state index in [4.69, 9.17) is 4.74 Å². The Labute approximate surface area is 190 Å². The zero-order chi connectivity index (χ0) is 24.2. The second-order valence-electron chi connectivity index (χ2n) is 8.98. The summed E-state index contributed by atoms with van der Waals surface area (Å²) in [6.07, 6.45) is 3.22. The van der Waals surface area contributed by atoms with E-state index < -0.39 is 35.1 Å². The van der Waals surface area contributed by atoms with E-state index in [2.05, 4.69) is 15.3 Å². The quantitative estimate of drug-likeness (QED) is 0.675. The fourth-order valence-corrected chi connectivity index (χ4v) is 3.92. The summed E-state index contributed by atoms with van der Waals surface area (Å²) in [6, 6.07) is 2.96. The standard InChI is InChI=1S/C23H27F3N4O3/c1-23(2,3)33-22(32)29-13-16(15-11-18(25)19(26)12-17(15)24)14-5-9-30(10-6-14)21(31)20-27-7-4-8-28-20/h4,7-8,11-12,14,16H,5-6,9-10,13H2,1-3H3,(H,29,32)/t16-/m1/s1. The summed E-state index contributed by atoms with van der Waals surface area (Å²) in [6.45, 7) is 5.82. The van der Waals surface area contributed by atoms with Crippen molar-refractivity contribution < 1.29 is 27.5 Å². The molecule has 0 unspecified atom stereocenters. The summed E-state index contributed by atoms with van der Waals surface area (Å²) in [7, 11) is 0. The molecule has 10 heteroatoms. The number of nitrogens with one attached hydrogen (secondary N) is 1. The third-order valence-corrected chi connectivity index (χ3v) is 5.46. The molecule has 0 spiro atoms. The predicted molar refractivity (Wildman–Crippen MR) is 114 cm³/mol. The van der Waals surface area contributed by atoms with E-state index in [0.717, 1.165) is 6.07 Å². The Kier molecular flexibility index (Phi) is 7.55. The van der Waals surface area contributed by atoms with Gasteiger partial charge in [0.05, 0.1) is 0 Å². The van der Waals surface area contributed by atoms with Crippen molar-refractivity contribution in [1.82, 2.24) is 20.2 Å². The molecule has 0 saturated carbocycles. The number of benzene rings is 1. The molecule has 2 heterocycles. The normalized spacial score (nSPS) is 15.8. The van der Waals surface area contributed by atoms with Crippen LogP contribution >= 0.6 is 0 Å². The van der Waals surface area contributed by atoms with Gasteiger partial charge in [-0.2, -0.15) is 0 Å². The molecule has 2 amide bonds. The number of alkyl carbamates (subject to hydrolysis) is 1. The van der Waals surface area contributed by atoms with Gasteiger partial charge in [-0.15, -0.1) is 0 Å². The predicted octanol–water partition coefficient (Wildman–Crippen LogP) is 4.05. The SMILES string of the molecule is CC(C)(C)OC(=O)NC[C@@H](c1cc(F)c(F)cc1F)C1CCN(C(=O)c2ncccn2)CC1. The topological polar surface area (TPSA) is 84.4 Å². The van der Waals surface area contributed by atoms with Crippen LogP contribution in [-0.4, -0.2) is 52.1 Å². The van der Waals surface area contributed by atoms with Gasteiger partial charge in [-0.05, 0) is 57.2 Å². The van der Waals surface area contributed by atoms with Crippen molar-refractivity contribution in [3.8, 4) is 0 Å². The van der Waals surface area contributed by atoms with Crippen LogP contribution < -0.4 is 5.32 Å². The van der Waals surface area contributed by atoms with Crippen LogP contribution in [0.5, 0.6) is 0 Å². The van der Waals surface area contributed by atoms with E-state index in [-0.39, 0.29) is 29.8 Å². The molecule has 0 bridgehead atoms. The molecule has 0 aliphatic carbocycles. The minimum atomic E-state index is -1.28. The Morgan fingerprint density at radius 3 is 2.30 bits per heavy atom. The van der Waals surface area contributed by atoms with Crippen LogP contribution in [0.2, 0.25) is 0 Å². The molecule has 1 aromatic heterocycles. The lowest BCUT2D eigenvalue weighted by Crippen LogP contribution is -2.42. The first kappa shape index (κ1) is 24.5. The van der Waals surface area contributed by atoms with Crippen molar-refractivity contribution in [3.63, 3.8) is 0 Å². The summed E-state index contributed by atoms with van der Waals surface area (Å²) in [5.41, 5.74) is -0.751. The van der Waals surface area contributed by atoms with Crippen molar-refractivity contribution in [2.24, 2.45) is 5.92 Å². The second-order valence-corrected chi connectivity index (χ2v) is 8.98. The average Bonchev–Trinajstić information content (AvgIpc) is 2.76. The van der Waals surface area contributed by atoms with E-state index in [0.29, 0.717) is 32.0 Å². The third-order valence-electron chi connectivity index (χ3n) is 5.46. The largest absolute Gasteiger partial charge is 0.444 e. The summed E-state index contributed by atoms with van der Waals surface area (Å²) in [5, 5.41) is 2.61. The van der Waals surface area contributed by atoms with E-state index in [1.54, 1.807) is 31.7 Å². The highest BCUT2D eigenvalue weighted by atomic mass is 19.2. The van der Waals surface area contributed by atoms with Crippen LogP contribution in [0.3, 0.4) is 0 Å².